The molecule has 0 spiro atoms. The van der Waals surface area contributed by atoms with Crippen molar-refractivity contribution >= 4 is 0 Å². The Labute approximate surface area is 82.6 Å². The highest BCUT2D eigenvalue weighted by atomic mass is 16.5. The van der Waals surface area contributed by atoms with Crippen molar-refractivity contribution < 1.29 is 9.84 Å². The molecule has 3 heteroatoms. The van der Waals surface area contributed by atoms with Crippen molar-refractivity contribution in [2.45, 2.75) is 25.0 Å². The minimum atomic E-state index is -1.02. The van der Waals surface area contributed by atoms with Crippen molar-refractivity contribution in [2.75, 3.05) is 0 Å². The van der Waals surface area contributed by atoms with E-state index in [0.29, 0.717) is 6.42 Å². The normalized spacial score (nSPS) is 21.6. The largest absolute Gasteiger partial charge is 0.486 e. The SMILES string of the molecule is N#CC(O)[C@@H]1CCc2ccccc2O1. The van der Waals surface area contributed by atoms with Gasteiger partial charge >= 0.3 is 0 Å². The number of fused-ring (bicyclic) bond motifs is 1. The Hall–Kier alpha value is -1.53. The van der Waals surface area contributed by atoms with Gasteiger partial charge in [-0.3, -0.25) is 0 Å². The number of ether oxygens (including phenoxy) is 1. The van der Waals surface area contributed by atoms with Gasteiger partial charge in [-0.1, -0.05) is 18.2 Å². The molecule has 0 saturated heterocycles. The number of aryl methyl sites for hydroxylation is 1. The van der Waals surface area contributed by atoms with E-state index in [0.717, 1.165) is 17.7 Å². The van der Waals surface area contributed by atoms with E-state index >= 15 is 0 Å². The molecule has 0 amide bonds. The first kappa shape index (κ1) is 9.04. The van der Waals surface area contributed by atoms with Gasteiger partial charge in [-0.25, -0.2) is 0 Å². The number of benzene rings is 1. The summed E-state index contributed by atoms with van der Waals surface area (Å²) in [6, 6.07) is 9.52. The van der Waals surface area contributed by atoms with Crippen LogP contribution in [0.2, 0.25) is 0 Å². The molecule has 2 atom stereocenters. The lowest BCUT2D eigenvalue weighted by molar-refractivity contribution is 0.0571. The van der Waals surface area contributed by atoms with E-state index in [1.54, 1.807) is 6.07 Å². The molecule has 0 saturated carbocycles. The summed E-state index contributed by atoms with van der Waals surface area (Å²) in [4.78, 5) is 0. The third-order valence-electron chi connectivity index (χ3n) is 2.43. The van der Waals surface area contributed by atoms with Crippen molar-refractivity contribution in [3.8, 4) is 11.8 Å². The first-order valence-corrected chi connectivity index (χ1v) is 4.63. The van der Waals surface area contributed by atoms with Crippen LogP contribution in [0.3, 0.4) is 0 Å². The van der Waals surface area contributed by atoms with Crippen molar-refractivity contribution in [3.63, 3.8) is 0 Å². The molecule has 0 aromatic heterocycles. The highest BCUT2D eigenvalue weighted by molar-refractivity contribution is 5.35. The molecule has 3 nitrogen and oxygen atoms in total. The van der Waals surface area contributed by atoms with Gasteiger partial charge in [0.2, 0.25) is 0 Å². The Kier molecular flexibility index (Phi) is 2.38. The van der Waals surface area contributed by atoms with E-state index in [4.69, 9.17) is 10.00 Å². The number of rotatable bonds is 1. The number of para-hydroxylation sites is 1. The quantitative estimate of drug-likeness (QED) is 0.677. The van der Waals surface area contributed by atoms with Gasteiger partial charge in [0.25, 0.3) is 0 Å². The summed E-state index contributed by atoms with van der Waals surface area (Å²) in [5, 5.41) is 17.9. The Morgan fingerprint density at radius 2 is 2.29 bits per heavy atom. The van der Waals surface area contributed by atoms with Gasteiger partial charge in [0.1, 0.15) is 11.9 Å². The highest BCUT2D eigenvalue weighted by Crippen LogP contribution is 2.27. The molecule has 1 aliphatic rings. The summed E-state index contributed by atoms with van der Waals surface area (Å²) in [5.74, 6) is 0.790. The van der Waals surface area contributed by atoms with Crippen LogP contribution >= 0.6 is 0 Å². The summed E-state index contributed by atoms with van der Waals surface area (Å²) in [6.45, 7) is 0. The minimum absolute atomic E-state index is 0.380. The van der Waals surface area contributed by atoms with Gasteiger partial charge in [-0.15, -0.1) is 0 Å². The first-order valence-electron chi connectivity index (χ1n) is 4.63. The topological polar surface area (TPSA) is 53.2 Å². The third kappa shape index (κ3) is 1.57. The van der Waals surface area contributed by atoms with Crippen LogP contribution < -0.4 is 4.74 Å². The summed E-state index contributed by atoms with van der Waals surface area (Å²) in [6.07, 6.45) is 0.156. The van der Waals surface area contributed by atoms with E-state index in [1.807, 2.05) is 24.3 Å². The zero-order valence-electron chi connectivity index (χ0n) is 7.68. The van der Waals surface area contributed by atoms with Gasteiger partial charge in [0.15, 0.2) is 6.10 Å². The minimum Gasteiger partial charge on any atom is -0.486 e. The average molecular weight is 189 g/mol. The van der Waals surface area contributed by atoms with Gasteiger partial charge in [0.05, 0.1) is 6.07 Å². The van der Waals surface area contributed by atoms with Crippen LogP contribution in [0.5, 0.6) is 5.75 Å². The number of nitriles is 1. The summed E-state index contributed by atoms with van der Waals surface area (Å²) in [5.41, 5.74) is 1.15. The molecule has 1 aromatic rings. The molecule has 0 fully saturated rings. The predicted molar refractivity (Wildman–Crippen MR) is 50.8 cm³/mol. The zero-order valence-corrected chi connectivity index (χ0v) is 7.68. The second-order valence-corrected chi connectivity index (χ2v) is 3.38. The standard InChI is InChI=1S/C11H11NO2/c12-7-9(13)11-6-5-8-3-1-2-4-10(8)14-11/h1-4,9,11,13H,5-6H2/t9?,11-/m0/s1. The van der Waals surface area contributed by atoms with E-state index in [9.17, 15) is 5.11 Å². The lowest BCUT2D eigenvalue weighted by atomic mass is 10.00. The van der Waals surface area contributed by atoms with E-state index in [-0.39, 0.29) is 6.10 Å². The number of aliphatic hydroxyl groups is 1. The highest BCUT2D eigenvalue weighted by Gasteiger charge is 2.25. The smallest absolute Gasteiger partial charge is 0.177 e. The van der Waals surface area contributed by atoms with Crippen LogP contribution in [0, 0.1) is 11.3 Å². The molecule has 2 rings (SSSR count). The van der Waals surface area contributed by atoms with Crippen molar-refractivity contribution in [1.29, 1.82) is 5.26 Å². The van der Waals surface area contributed by atoms with Gasteiger partial charge in [-0.2, -0.15) is 5.26 Å². The second-order valence-electron chi connectivity index (χ2n) is 3.38. The lowest BCUT2D eigenvalue weighted by Crippen LogP contribution is -2.33. The lowest BCUT2D eigenvalue weighted by Gasteiger charge is -2.26. The third-order valence-corrected chi connectivity index (χ3v) is 2.43. The number of nitrogens with zero attached hydrogens (tertiary/aromatic N) is 1. The molecule has 0 aliphatic carbocycles. The fraction of sp³-hybridized carbons (Fsp3) is 0.364. The Bertz CT molecular complexity index is 370. The number of hydrogen-bond acceptors (Lipinski definition) is 3. The Morgan fingerprint density at radius 1 is 1.50 bits per heavy atom. The summed E-state index contributed by atoms with van der Waals surface area (Å²) < 4.78 is 5.51. The molecule has 0 bridgehead atoms. The van der Waals surface area contributed by atoms with E-state index in [1.165, 1.54) is 0 Å². The molecule has 72 valence electrons. The maximum absolute atomic E-state index is 9.32. The monoisotopic (exact) mass is 189 g/mol. The van der Waals surface area contributed by atoms with Gasteiger partial charge < -0.3 is 9.84 Å². The molecule has 1 unspecified atom stereocenters. The maximum Gasteiger partial charge on any atom is 0.177 e. The molecular weight excluding hydrogens is 178 g/mol. The van der Waals surface area contributed by atoms with Crippen molar-refractivity contribution in [1.82, 2.24) is 0 Å². The van der Waals surface area contributed by atoms with Crippen LogP contribution in [0.15, 0.2) is 24.3 Å². The van der Waals surface area contributed by atoms with Crippen LogP contribution in [0.4, 0.5) is 0 Å². The molecule has 0 radical (unpaired) electrons. The van der Waals surface area contributed by atoms with E-state index < -0.39 is 6.10 Å². The average Bonchev–Trinajstić information content (AvgIpc) is 2.27. The van der Waals surface area contributed by atoms with Crippen LogP contribution in [-0.2, 0) is 6.42 Å². The zero-order chi connectivity index (χ0) is 9.97. The summed E-state index contributed by atoms with van der Waals surface area (Å²) in [7, 11) is 0. The first-order chi connectivity index (χ1) is 6.81. The molecular formula is C11H11NO2. The van der Waals surface area contributed by atoms with Crippen LogP contribution in [0.25, 0.3) is 0 Å². The van der Waals surface area contributed by atoms with E-state index in [2.05, 4.69) is 0 Å². The molecule has 1 aliphatic heterocycles. The van der Waals surface area contributed by atoms with Crippen molar-refractivity contribution in [3.05, 3.63) is 29.8 Å². The second kappa shape index (κ2) is 3.69. The predicted octanol–water partition coefficient (Wildman–Crippen LogP) is 1.26. The number of hydrogen-bond donors (Lipinski definition) is 1. The summed E-state index contributed by atoms with van der Waals surface area (Å²) >= 11 is 0. The number of aliphatic hydroxyl groups excluding tert-OH is 1. The molecule has 1 aromatic carbocycles. The van der Waals surface area contributed by atoms with Crippen LogP contribution in [0.1, 0.15) is 12.0 Å². The van der Waals surface area contributed by atoms with Gasteiger partial charge in [0, 0.05) is 0 Å². The van der Waals surface area contributed by atoms with Gasteiger partial charge in [-0.05, 0) is 24.5 Å². The Balaban J connectivity index is 2.18. The molecule has 1 heterocycles. The fourth-order valence-electron chi connectivity index (χ4n) is 1.65. The maximum atomic E-state index is 9.32. The van der Waals surface area contributed by atoms with Crippen LogP contribution in [-0.4, -0.2) is 17.3 Å². The Morgan fingerprint density at radius 3 is 3.07 bits per heavy atom. The fourth-order valence-corrected chi connectivity index (χ4v) is 1.65. The van der Waals surface area contributed by atoms with Crippen molar-refractivity contribution in [2.24, 2.45) is 0 Å². The molecule has 14 heavy (non-hydrogen) atoms. The molecule has 1 N–H and O–H groups in total.